The van der Waals surface area contributed by atoms with E-state index in [-0.39, 0.29) is 29.3 Å². The molecule has 0 saturated carbocycles. The van der Waals surface area contributed by atoms with Gasteiger partial charge >= 0.3 is 5.97 Å². The molecule has 0 atom stereocenters. The van der Waals surface area contributed by atoms with Crippen LogP contribution in [0.1, 0.15) is 17.3 Å². The van der Waals surface area contributed by atoms with Gasteiger partial charge in [0.2, 0.25) is 5.91 Å². The number of amides is 2. The highest BCUT2D eigenvalue weighted by molar-refractivity contribution is 8.00. The van der Waals surface area contributed by atoms with Crippen molar-refractivity contribution in [2.24, 2.45) is 0 Å². The van der Waals surface area contributed by atoms with Gasteiger partial charge in [-0.25, -0.2) is 0 Å². The van der Waals surface area contributed by atoms with E-state index in [0.717, 1.165) is 11.8 Å². The zero-order chi connectivity index (χ0) is 20.4. The summed E-state index contributed by atoms with van der Waals surface area (Å²) in [6.07, 6.45) is 0. The lowest BCUT2D eigenvalue weighted by atomic mass is 10.1. The number of carbonyl (C=O) groups is 3. The number of para-hydroxylation sites is 1. The van der Waals surface area contributed by atoms with Gasteiger partial charge in [-0.3, -0.25) is 14.4 Å². The SMILES string of the molecule is CCOC(=O)CSCC(=O)Nc1ccccc1C(=O)Nc1ccc(OC)cc1. The molecule has 2 aromatic rings. The van der Waals surface area contributed by atoms with E-state index in [0.29, 0.717) is 29.3 Å². The van der Waals surface area contributed by atoms with Crippen LogP contribution in [0.5, 0.6) is 5.75 Å². The third-order valence-electron chi connectivity index (χ3n) is 3.55. The number of thioether (sulfide) groups is 1. The second kappa shape index (κ2) is 11.0. The topological polar surface area (TPSA) is 93.7 Å². The Balaban J connectivity index is 1.96. The molecule has 0 aliphatic carbocycles. The summed E-state index contributed by atoms with van der Waals surface area (Å²) < 4.78 is 9.90. The molecule has 2 N–H and O–H groups in total. The second-order valence-electron chi connectivity index (χ2n) is 5.57. The molecule has 0 aliphatic heterocycles. The summed E-state index contributed by atoms with van der Waals surface area (Å²) in [4.78, 5) is 36.0. The number of hydrogen-bond acceptors (Lipinski definition) is 6. The molecule has 8 heteroatoms. The zero-order valence-electron chi connectivity index (χ0n) is 15.7. The van der Waals surface area contributed by atoms with Gasteiger partial charge in [0.15, 0.2) is 0 Å². The van der Waals surface area contributed by atoms with Crippen molar-refractivity contribution in [1.82, 2.24) is 0 Å². The van der Waals surface area contributed by atoms with Crippen molar-refractivity contribution in [2.45, 2.75) is 6.92 Å². The maximum absolute atomic E-state index is 12.6. The Hall–Kier alpha value is -3.00. The van der Waals surface area contributed by atoms with Crippen LogP contribution < -0.4 is 15.4 Å². The van der Waals surface area contributed by atoms with E-state index in [1.54, 1.807) is 62.6 Å². The van der Waals surface area contributed by atoms with E-state index >= 15 is 0 Å². The maximum atomic E-state index is 12.6. The summed E-state index contributed by atoms with van der Waals surface area (Å²) in [5.41, 5.74) is 1.34. The number of hydrogen-bond donors (Lipinski definition) is 2. The second-order valence-corrected chi connectivity index (χ2v) is 6.56. The predicted octanol–water partition coefficient (Wildman–Crippen LogP) is 3.18. The van der Waals surface area contributed by atoms with Crippen LogP contribution in [-0.4, -0.2) is 43.0 Å². The molecule has 7 nitrogen and oxygen atoms in total. The van der Waals surface area contributed by atoms with Crippen LogP contribution in [-0.2, 0) is 14.3 Å². The van der Waals surface area contributed by atoms with E-state index in [4.69, 9.17) is 9.47 Å². The first-order chi connectivity index (χ1) is 13.5. The van der Waals surface area contributed by atoms with E-state index < -0.39 is 0 Å². The van der Waals surface area contributed by atoms with Crippen LogP contribution in [0.15, 0.2) is 48.5 Å². The summed E-state index contributed by atoms with van der Waals surface area (Å²) in [6.45, 7) is 2.03. The highest BCUT2D eigenvalue weighted by Crippen LogP contribution is 2.20. The van der Waals surface area contributed by atoms with Crippen molar-refractivity contribution in [2.75, 3.05) is 35.9 Å². The molecule has 2 amide bonds. The number of methoxy groups -OCH3 is 1. The lowest BCUT2D eigenvalue weighted by Gasteiger charge is -2.12. The van der Waals surface area contributed by atoms with Crippen molar-refractivity contribution < 1.29 is 23.9 Å². The summed E-state index contributed by atoms with van der Waals surface area (Å²) in [5, 5.41) is 5.49. The molecule has 28 heavy (non-hydrogen) atoms. The Morgan fingerprint density at radius 1 is 0.964 bits per heavy atom. The molecule has 0 spiro atoms. The Labute approximate surface area is 167 Å². The molecule has 0 radical (unpaired) electrons. The third kappa shape index (κ3) is 6.62. The van der Waals surface area contributed by atoms with Crippen molar-refractivity contribution in [3.63, 3.8) is 0 Å². The molecule has 0 aliphatic rings. The van der Waals surface area contributed by atoms with E-state index in [1.807, 2.05) is 0 Å². The molecular weight excluding hydrogens is 380 g/mol. The van der Waals surface area contributed by atoms with Crippen molar-refractivity contribution in [3.05, 3.63) is 54.1 Å². The quantitative estimate of drug-likeness (QED) is 0.626. The van der Waals surface area contributed by atoms with Gasteiger partial charge in [0.25, 0.3) is 5.91 Å². The van der Waals surface area contributed by atoms with Crippen LogP contribution in [0, 0.1) is 0 Å². The fourth-order valence-corrected chi connectivity index (χ4v) is 2.89. The van der Waals surface area contributed by atoms with Gasteiger partial charge in [-0.2, -0.15) is 0 Å². The number of ether oxygens (including phenoxy) is 2. The molecule has 0 unspecified atom stereocenters. The van der Waals surface area contributed by atoms with Crippen molar-refractivity contribution >= 4 is 40.9 Å². The summed E-state index contributed by atoms with van der Waals surface area (Å²) in [6, 6.07) is 13.7. The van der Waals surface area contributed by atoms with Gasteiger partial charge in [-0.1, -0.05) is 12.1 Å². The third-order valence-corrected chi connectivity index (χ3v) is 4.46. The van der Waals surface area contributed by atoms with Crippen LogP contribution in [0.3, 0.4) is 0 Å². The number of esters is 1. The number of nitrogens with one attached hydrogen (secondary N) is 2. The number of rotatable bonds is 9. The summed E-state index contributed by atoms with van der Waals surface area (Å²) in [7, 11) is 1.57. The zero-order valence-corrected chi connectivity index (χ0v) is 16.5. The van der Waals surface area contributed by atoms with Gasteiger partial charge in [-0.05, 0) is 43.3 Å². The predicted molar refractivity (Wildman–Crippen MR) is 110 cm³/mol. The molecule has 0 fully saturated rings. The Morgan fingerprint density at radius 2 is 1.68 bits per heavy atom. The lowest BCUT2D eigenvalue weighted by Crippen LogP contribution is -2.20. The van der Waals surface area contributed by atoms with Crippen LogP contribution in [0.2, 0.25) is 0 Å². The van der Waals surface area contributed by atoms with Gasteiger partial charge in [0.1, 0.15) is 5.75 Å². The van der Waals surface area contributed by atoms with Gasteiger partial charge in [-0.15, -0.1) is 11.8 Å². The van der Waals surface area contributed by atoms with E-state index in [9.17, 15) is 14.4 Å². The minimum Gasteiger partial charge on any atom is -0.497 e. The minimum absolute atomic E-state index is 0.0766. The van der Waals surface area contributed by atoms with Gasteiger partial charge in [0, 0.05) is 5.69 Å². The van der Waals surface area contributed by atoms with Gasteiger partial charge < -0.3 is 20.1 Å². The Bertz CT molecular complexity index is 824. The Kier molecular flexibility index (Phi) is 8.36. The van der Waals surface area contributed by atoms with E-state index in [2.05, 4.69) is 10.6 Å². The molecule has 2 aromatic carbocycles. The highest BCUT2D eigenvalue weighted by atomic mass is 32.2. The van der Waals surface area contributed by atoms with Crippen LogP contribution >= 0.6 is 11.8 Å². The molecule has 0 saturated heterocycles. The molecule has 0 bridgehead atoms. The highest BCUT2D eigenvalue weighted by Gasteiger charge is 2.14. The lowest BCUT2D eigenvalue weighted by molar-refractivity contribution is -0.139. The van der Waals surface area contributed by atoms with Crippen molar-refractivity contribution in [1.29, 1.82) is 0 Å². The minimum atomic E-state index is -0.362. The maximum Gasteiger partial charge on any atom is 0.315 e. The molecule has 0 heterocycles. The molecular formula is C20H22N2O5S. The molecule has 148 valence electrons. The average molecular weight is 402 g/mol. The van der Waals surface area contributed by atoms with Crippen molar-refractivity contribution in [3.8, 4) is 5.75 Å². The van der Waals surface area contributed by atoms with Crippen LogP contribution in [0.25, 0.3) is 0 Å². The normalized spacial score (nSPS) is 10.1. The van der Waals surface area contributed by atoms with Gasteiger partial charge in [0.05, 0.1) is 36.5 Å². The Morgan fingerprint density at radius 3 is 2.36 bits per heavy atom. The smallest absolute Gasteiger partial charge is 0.315 e. The molecule has 2 rings (SSSR count). The average Bonchev–Trinajstić information content (AvgIpc) is 2.69. The fraction of sp³-hybridized carbons (Fsp3) is 0.250. The monoisotopic (exact) mass is 402 g/mol. The fourth-order valence-electron chi connectivity index (χ4n) is 2.28. The number of anilines is 2. The summed E-state index contributed by atoms with van der Waals surface area (Å²) >= 11 is 1.15. The number of carbonyl (C=O) groups excluding carboxylic acids is 3. The summed E-state index contributed by atoms with van der Waals surface area (Å²) in [5.74, 6) is -0.154. The van der Waals surface area contributed by atoms with Crippen LogP contribution in [0.4, 0.5) is 11.4 Å². The standard InChI is InChI=1S/C20H22N2O5S/c1-3-27-19(24)13-28-12-18(23)22-17-7-5-4-6-16(17)20(25)21-14-8-10-15(26-2)11-9-14/h4-11H,3,12-13H2,1-2H3,(H,21,25)(H,22,23). The first-order valence-corrected chi connectivity index (χ1v) is 9.76. The largest absolute Gasteiger partial charge is 0.497 e. The van der Waals surface area contributed by atoms with E-state index in [1.165, 1.54) is 0 Å². The first kappa shape index (κ1) is 21.3. The number of benzene rings is 2. The first-order valence-electron chi connectivity index (χ1n) is 8.61. The molecule has 0 aromatic heterocycles.